The van der Waals surface area contributed by atoms with E-state index in [9.17, 15) is 4.79 Å². The van der Waals surface area contributed by atoms with Crippen molar-refractivity contribution in [3.8, 4) is 0 Å². The zero-order chi connectivity index (χ0) is 15.2. The van der Waals surface area contributed by atoms with Crippen LogP contribution in [0.3, 0.4) is 0 Å². The van der Waals surface area contributed by atoms with Gasteiger partial charge in [0.2, 0.25) is 5.91 Å². The Bertz CT molecular complexity index is 290. The molecular weight excluding hydrogens is 254 g/mol. The van der Waals surface area contributed by atoms with E-state index in [0.29, 0.717) is 18.4 Å². The lowest BCUT2D eigenvalue weighted by molar-refractivity contribution is -0.135. The summed E-state index contributed by atoms with van der Waals surface area (Å²) in [5.74, 6) is 0.165. The van der Waals surface area contributed by atoms with Gasteiger partial charge in [-0.15, -0.1) is 0 Å². The average Bonchev–Trinajstić information content (AvgIpc) is 2.42. The van der Waals surface area contributed by atoms with E-state index < -0.39 is 0 Å². The van der Waals surface area contributed by atoms with Gasteiger partial charge in [-0.3, -0.25) is 9.69 Å². The van der Waals surface area contributed by atoms with Crippen molar-refractivity contribution < 1.29 is 9.53 Å². The van der Waals surface area contributed by atoms with Crippen LogP contribution in [0.1, 0.15) is 33.6 Å². The number of hydrogen-bond acceptors (Lipinski definition) is 4. The summed E-state index contributed by atoms with van der Waals surface area (Å²) in [4.78, 5) is 16.5. The topological polar surface area (TPSA) is 58.8 Å². The molecule has 0 aromatic heterocycles. The third kappa shape index (κ3) is 6.20. The van der Waals surface area contributed by atoms with Crippen molar-refractivity contribution in [2.75, 3.05) is 46.4 Å². The van der Waals surface area contributed by atoms with E-state index in [2.05, 4.69) is 25.7 Å². The Morgan fingerprint density at radius 1 is 1.25 bits per heavy atom. The van der Waals surface area contributed by atoms with Crippen molar-refractivity contribution in [2.24, 2.45) is 11.1 Å². The molecule has 5 heteroatoms. The first kappa shape index (κ1) is 17.4. The summed E-state index contributed by atoms with van der Waals surface area (Å²) < 4.78 is 5.18. The molecule has 1 saturated heterocycles. The summed E-state index contributed by atoms with van der Waals surface area (Å²) in [6.45, 7) is 11.9. The third-order valence-corrected chi connectivity index (χ3v) is 3.90. The number of nitrogens with two attached hydrogens (primary N) is 1. The van der Waals surface area contributed by atoms with Crippen molar-refractivity contribution in [3.63, 3.8) is 0 Å². The highest BCUT2D eigenvalue weighted by Crippen LogP contribution is 2.19. The quantitative estimate of drug-likeness (QED) is 0.789. The molecule has 1 fully saturated rings. The highest BCUT2D eigenvalue weighted by Gasteiger charge is 2.23. The maximum Gasteiger partial charge on any atom is 0.225 e. The third-order valence-electron chi connectivity index (χ3n) is 3.90. The van der Waals surface area contributed by atoms with Gasteiger partial charge in [0.05, 0.1) is 12.5 Å². The molecule has 5 nitrogen and oxygen atoms in total. The fourth-order valence-corrected chi connectivity index (χ4v) is 2.30. The second-order valence-corrected chi connectivity index (χ2v) is 6.83. The lowest BCUT2D eigenvalue weighted by Crippen LogP contribution is -2.50. The monoisotopic (exact) mass is 285 g/mol. The van der Waals surface area contributed by atoms with Crippen LogP contribution in [0.15, 0.2) is 0 Å². The fraction of sp³-hybridized carbons (Fsp3) is 0.933. The van der Waals surface area contributed by atoms with Crippen LogP contribution in [0, 0.1) is 5.41 Å². The molecule has 1 aliphatic rings. The largest absolute Gasteiger partial charge is 0.380 e. The lowest BCUT2D eigenvalue weighted by Gasteiger charge is -2.36. The van der Waals surface area contributed by atoms with Crippen LogP contribution < -0.4 is 5.73 Å². The number of nitrogens with zero attached hydrogens (tertiary/aromatic N) is 2. The molecule has 20 heavy (non-hydrogen) atoms. The molecule has 0 aromatic rings. The standard InChI is InChI=1S/C15H31N3O2/c1-15(2,3)5-6-17-7-9-18(10-8-17)14(19)11-13(12-16)20-4/h13H,5-12,16H2,1-4H3. The van der Waals surface area contributed by atoms with Crippen LogP contribution in [-0.4, -0.2) is 68.2 Å². The molecule has 0 aliphatic carbocycles. The first-order chi connectivity index (χ1) is 9.35. The van der Waals surface area contributed by atoms with Gasteiger partial charge < -0.3 is 15.4 Å². The predicted octanol–water partition coefficient (Wildman–Crippen LogP) is 0.931. The van der Waals surface area contributed by atoms with Gasteiger partial charge in [-0.25, -0.2) is 0 Å². The first-order valence-corrected chi connectivity index (χ1v) is 7.58. The maximum atomic E-state index is 12.1. The predicted molar refractivity (Wildman–Crippen MR) is 81.6 cm³/mol. The van der Waals surface area contributed by atoms with Gasteiger partial charge >= 0.3 is 0 Å². The summed E-state index contributed by atoms with van der Waals surface area (Å²) in [7, 11) is 1.61. The van der Waals surface area contributed by atoms with Crippen molar-refractivity contribution in [2.45, 2.75) is 39.7 Å². The van der Waals surface area contributed by atoms with Crippen LogP contribution in [-0.2, 0) is 9.53 Å². The zero-order valence-corrected chi connectivity index (χ0v) is 13.5. The molecule has 0 saturated carbocycles. The van der Waals surface area contributed by atoms with Gasteiger partial charge in [0.25, 0.3) is 0 Å². The Balaban J connectivity index is 2.29. The Morgan fingerprint density at radius 2 is 1.85 bits per heavy atom. The highest BCUT2D eigenvalue weighted by atomic mass is 16.5. The van der Waals surface area contributed by atoms with E-state index in [1.54, 1.807) is 7.11 Å². The van der Waals surface area contributed by atoms with Gasteiger partial charge in [0, 0.05) is 39.8 Å². The summed E-state index contributed by atoms with van der Waals surface area (Å²) >= 11 is 0. The smallest absolute Gasteiger partial charge is 0.225 e. The maximum absolute atomic E-state index is 12.1. The molecule has 1 atom stereocenters. The van der Waals surface area contributed by atoms with E-state index in [1.165, 1.54) is 6.42 Å². The number of methoxy groups -OCH3 is 1. The van der Waals surface area contributed by atoms with Crippen molar-refractivity contribution in [1.82, 2.24) is 9.80 Å². The Kier molecular flexibility index (Phi) is 6.92. The van der Waals surface area contributed by atoms with Gasteiger partial charge in [-0.1, -0.05) is 20.8 Å². The Labute approximate surface area is 123 Å². The van der Waals surface area contributed by atoms with Crippen LogP contribution in [0.5, 0.6) is 0 Å². The number of carbonyl (C=O) groups is 1. The summed E-state index contributed by atoms with van der Waals surface area (Å²) in [5, 5.41) is 0. The molecular formula is C15H31N3O2. The average molecular weight is 285 g/mol. The highest BCUT2D eigenvalue weighted by molar-refractivity contribution is 5.76. The molecule has 1 amide bonds. The van der Waals surface area contributed by atoms with Crippen LogP contribution >= 0.6 is 0 Å². The minimum atomic E-state index is -0.151. The minimum absolute atomic E-state index is 0.151. The van der Waals surface area contributed by atoms with Gasteiger partial charge in [0.1, 0.15) is 0 Å². The molecule has 1 aliphatic heterocycles. The number of ether oxygens (including phenoxy) is 1. The molecule has 0 spiro atoms. The van der Waals surface area contributed by atoms with Crippen molar-refractivity contribution in [3.05, 3.63) is 0 Å². The Hall–Kier alpha value is -0.650. The number of carbonyl (C=O) groups excluding carboxylic acids is 1. The van der Waals surface area contributed by atoms with Gasteiger partial charge in [-0.2, -0.15) is 0 Å². The fourth-order valence-electron chi connectivity index (χ4n) is 2.30. The number of piperazine rings is 1. The molecule has 0 bridgehead atoms. The van der Waals surface area contributed by atoms with E-state index in [-0.39, 0.29) is 12.0 Å². The van der Waals surface area contributed by atoms with Crippen LogP contribution in [0.2, 0.25) is 0 Å². The molecule has 2 N–H and O–H groups in total. The van der Waals surface area contributed by atoms with Crippen molar-refractivity contribution >= 4 is 5.91 Å². The van der Waals surface area contributed by atoms with Crippen LogP contribution in [0.25, 0.3) is 0 Å². The molecule has 118 valence electrons. The SMILES string of the molecule is COC(CN)CC(=O)N1CCN(CCC(C)(C)C)CC1. The molecule has 0 aromatic carbocycles. The molecule has 1 heterocycles. The summed E-state index contributed by atoms with van der Waals surface area (Å²) in [6.07, 6.45) is 1.44. The van der Waals surface area contributed by atoms with Gasteiger partial charge in [0.15, 0.2) is 0 Å². The minimum Gasteiger partial charge on any atom is -0.380 e. The number of amides is 1. The van der Waals surface area contributed by atoms with Crippen molar-refractivity contribution in [1.29, 1.82) is 0 Å². The normalized spacial score (nSPS) is 19.1. The van der Waals surface area contributed by atoms with E-state index in [0.717, 1.165) is 32.7 Å². The molecule has 1 rings (SSSR count). The van der Waals surface area contributed by atoms with E-state index in [4.69, 9.17) is 10.5 Å². The van der Waals surface area contributed by atoms with Crippen LogP contribution in [0.4, 0.5) is 0 Å². The second kappa shape index (κ2) is 7.96. The summed E-state index contributed by atoms with van der Waals surface area (Å²) in [6, 6.07) is 0. The van der Waals surface area contributed by atoms with Gasteiger partial charge in [-0.05, 0) is 18.4 Å². The number of hydrogen-bond donors (Lipinski definition) is 1. The molecule has 1 unspecified atom stereocenters. The molecule has 0 radical (unpaired) electrons. The Morgan fingerprint density at radius 3 is 2.30 bits per heavy atom. The lowest BCUT2D eigenvalue weighted by atomic mass is 9.92. The van der Waals surface area contributed by atoms with E-state index >= 15 is 0 Å². The number of rotatable bonds is 6. The second-order valence-electron chi connectivity index (χ2n) is 6.83. The van der Waals surface area contributed by atoms with E-state index in [1.807, 2.05) is 4.90 Å². The summed E-state index contributed by atoms with van der Waals surface area (Å²) in [5.41, 5.74) is 5.93. The zero-order valence-electron chi connectivity index (χ0n) is 13.5. The first-order valence-electron chi connectivity index (χ1n) is 7.58.